The van der Waals surface area contributed by atoms with E-state index in [-0.39, 0.29) is 5.69 Å². The molecular weight excluding hydrogens is 350 g/mol. The molecule has 2 aromatic rings. The Balaban J connectivity index is 1.88. The maximum Gasteiger partial charge on any atom is 0.316 e. The van der Waals surface area contributed by atoms with Gasteiger partial charge in [0, 0.05) is 23.4 Å². The molecule has 0 saturated carbocycles. The normalized spacial score (nSPS) is 22.5. The molecule has 2 heterocycles. The Morgan fingerprint density at radius 2 is 2.08 bits per heavy atom. The van der Waals surface area contributed by atoms with E-state index in [2.05, 4.69) is 4.58 Å². The monoisotopic (exact) mass is 370 g/mol. The fourth-order valence-corrected chi connectivity index (χ4v) is 4.83. The maximum atomic E-state index is 11.8. The second-order valence-electron chi connectivity index (χ2n) is 6.65. The smallest absolute Gasteiger partial charge is 0.316 e. The Kier molecular flexibility index (Phi) is 4.20. The van der Waals surface area contributed by atoms with Gasteiger partial charge in [-0.15, -0.1) is 0 Å². The van der Waals surface area contributed by atoms with Gasteiger partial charge in [-0.05, 0) is 36.7 Å². The van der Waals surface area contributed by atoms with Gasteiger partial charge in [-0.3, -0.25) is 10.1 Å². The molecule has 0 unspecified atom stereocenters. The van der Waals surface area contributed by atoms with Gasteiger partial charge in [0.05, 0.1) is 11.5 Å². The number of amidine groups is 1. The van der Waals surface area contributed by atoms with E-state index in [0.717, 1.165) is 35.1 Å². The summed E-state index contributed by atoms with van der Waals surface area (Å²) in [4.78, 5) is 12.7. The Morgan fingerprint density at radius 1 is 1.27 bits per heavy atom. The molecule has 7 heteroatoms. The summed E-state index contributed by atoms with van der Waals surface area (Å²) in [5, 5.41) is 24.0. The molecule has 2 aliphatic heterocycles. The molecule has 0 amide bonds. The molecule has 2 aliphatic rings. The van der Waals surface area contributed by atoms with E-state index < -0.39 is 10.6 Å². The molecule has 134 valence electrons. The minimum absolute atomic E-state index is 0.0109. The molecule has 1 N–H and O–H groups in total. The topological polar surface area (TPSA) is 69.6 Å². The SMILES string of the molecule is Cc1ccccc1N1C2=[N+](CCCS2)C[C@]1(O)c1cccc([N+](=O)[O-])c1. The van der Waals surface area contributed by atoms with Crippen molar-refractivity contribution in [3.05, 3.63) is 69.8 Å². The van der Waals surface area contributed by atoms with Gasteiger partial charge in [0.25, 0.3) is 11.4 Å². The van der Waals surface area contributed by atoms with E-state index in [1.165, 1.54) is 12.1 Å². The first-order valence-electron chi connectivity index (χ1n) is 8.58. The highest BCUT2D eigenvalue weighted by atomic mass is 32.2. The number of anilines is 1. The highest BCUT2D eigenvalue weighted by Crippen LogP contribution is 2.41. The second kappa shape index (κ2) is 6.41. The number of nitro groups is 1. The largest absolute Gasteiger partial charge is 0.346 e. The summed E-state index contributed by atoms with van der Waals surface area (Å²) in [5.74, 6) is 0.999. The predicted octanol–water partition coefficient (Wildman–Crippen LogP) is 3.07. The van der Waals surface area contributed by atoms with Crippen LogP contribution in [0.3, 0.4) is 0 Å². The average Bonchev–Trinajstić information content (AvgIpc) is 2.95. The Bertz CT molecular complexity index is 914. The molecule has 0 aliphatic carbocycles. The van der Waals surface area contributed by atoms with Crippen molar-refractivity contribution in [2.75, 3.05) is 23.7 Å². The summed E-state index contributed by atoms with van der Waals surface area (Å²) < 4.78 is 2.18. The number of aliphatic hydroxyl groups is 1. The van der Waals surface area contributed by atoms with Crippen molar-refractivity contribution in [3.8, 4) is 0 Å². The molecule has 1 atom stereocenters. The first-order valence-corrected chi connectivity index (χ1v) is 9.57. The molecule has 6 nitrogen and oxygen atoms in total. The number of hydrogen-bond donors (Lipinski definition) is 1. The lowest BCUT2D eigenvalue weighted by Crippen LogP contribution is -2.47. The first kappa shape index (κ1) is 17.1. The minimum Gasteiger partial charge on any atom is -0.346 e. The lowest BCUT2D eigenvalue weighted by molar-refractivity contribution is -0.532. The van der Waals surface area contributed by atoms with Crippen LogP contribution < -0.4 is 4.90 Å². The Labute approximate surface area is 155 Å². The number of thioether (sulfide) groups is 1. The van der Waals surface area contributed by atoms with Crippen LogP contribution >= 0.6 is 11.8 Å². The zero-order chi connectivity index (χ0) is 18.3. The third-order valence-corrected chi connectivity index (χ3v) is 6.11. The van der Waals surface area contributed by atoms with Gasteiger partial charge in [0.15, 0.2) is 6.54 Å². The van der Waals surface area contributed by atoms with Gasteiger partial charge < -0.3 is 5.11 Å². The lowest BCUT2D eigenvalue weighted by Gasteiger charge is -2.29. The number of para-hydroxylation sites is 1. The molecule has 0 saturated heterocycles. The Morgan fingerprint density at radius 3 is 2.85 bits per heavy atom. The van der Waals surface area contributed by atoms with Crippen molar-refractivity contribution in [1.29, 1.82) is 0 Å². The minimum atomic E-state index is -1.34. The maximum absolute atomic E-state index is 11.8. The lowest BCUT2D eigenvalue weighted by atomic mass is 9.99. The number of nitro benzene ring substituents is 1. The van der Waals surface area contributed by atoms with Crippen LogP contribution in [0.15, 0.2) is 48.5 Å². The Hall–Kier alpha value is -2.38. The zero-order valence-electron chi connectivity index (χ0n) is 14.5. The van der Waals surface area contributed by atoms with Crippen LogP contribution in [0.2, 0.25) is 0 Å². The van der Waals surface area contributed by atoms with Crippen LogP contribution in [0.4, 0.5) is 11.4 Å². The van der Waals surface area contributed by atoms with Crippen LogP contribution in [0.5, 0.6) is 0 Å². The quantitative estimate of drug-likeness (QED) is 0.511. The third-order valence-electron chi connectivity index (χ3n) is 4.92. The van der Waals surface area contributed by atoms with Crippen molar-refractivity contribution < 1.29 is 14.6 Å². The van der Waals surface area contributed by atoms with Crippen molar-refractivity contribution in [2.45, 2.75) is 19.1 Å². The summed E-state index contributed by atoms with van der Waals surface area (Å²) in [5.41, 5.74) is 1.16. The van der Waals surface area contributed by atoms with Crippen LogP contribution in [-0.2, 0) is 5.72 Å². The molecule has 2 aromatic carbocycles. The van der Waals surface area contributed by atoms with Crippen molar-refractivity contribution in [1.82, 2.24) is 0 Å². The highest BCUT2D eigenvalue weighted by molar-refractivity contribution is 8.14. The number of non-ortho nitro benzene ring substituents is 1. The van der Waals surface area contributed by atoms with Gasteiger partial charge in [0.2, 0.25) is 0 Å². The number of nitrogens with zero attached hydrogens (tertiary/aromatic N) is 3. The van der Waals surface area contributed by atoms with Gasteiger partial charge >= 0.3 is 5.17 Å². The molecule has 0 radical (unpaired) electrons. The van der Waals surface area contributed by atoms with E-state index >= 15 is 0 Å². The molecule has 0 fully saturated rings. The van der Waals surface area contributed by atoms with Gasteiger partial charge in [-0.1, -0.05) is 30.3 Å². The first-order chi connectivity index (χ1) is 12.5. The fourth-order valence-electron chi connectivity index (χ4n) is 3.66. The van der Waals surface area contributed by atoms with Crippen molar-refractivity contribution >= 4 is 28.3 Å². The van der Waals surface area contributed by atoms with E-state index in [4.69, 9.17) is 0 Å². The van der Waals surface area contributed by atoms with E-state index in [0.29, 0.717) is 12.1 Å². The molecule has 4 rings (SSSR count). The standard InChI is InChI=1S/C19H20N3O3S/c1-14-6-2-3-9-17(14)21-18-20(10-5-11-26-18)13-19(21,23)15-7-4-8-16(12-15)22(24)25/h2-4,6-9,12,23H,5,10-11,13H2,1H3/q+1/t19-/m0/s1. The van der Waals surface area contributed by atoms with Crippen molar-refractivity contribution in [3.63, 3.8) is 0 Å². The molecule has 0 aromatic heterocycles. The summed E-state index contributed by atoms with van der Waals surface area (Å²) in [6.45, 7) is 3.28. The summed E-state index contributed by atoms with van der Waals surface area (Å²) >= 11 is 1.73. The van der Waals surface area contributed by atoms with Gasteiger partial charge in [-0.25, -0.2) is 4.58 Å². The number of rotatable bonds is 3. The van der Waals surface area contributed by atoms with Crippen LogP contribution in [-0.4, -0.2) is 38.6 Å². The van der Waals surface area contributed by atoms with Crippen LogP contribution in [0.25, 0.3) is 0 Å². The zero-order valence-corrected chi connectivity index (χ0v) is 15.3. The summed E-state index contributed by atoms with van der Waals surface area (Å²) in [7, 11) is 0. The average molecular weight is 370 g/mol. The number of benzene rings is 2. The van der Waals surface area contributed by atoms with Gasteiger partial charge in [0.1, 0.15) is 5.69 Å². The summed E-state index contributed by atoms with van der Waals surface area (Å²) in [6.07, 6.45) is 1.06. The van der Waals surface area contributed by atoms with E-state index in [1.54, 1.807) is 23.9 Å². The molecule has 0 spiro atoms. The van der Waals surface area contributed by atoms with Crippen molar-refractivity contribution in [2.24, 2.45) is 0 Å². The molecular formula is C19H20N3O3S+. The van der Waals surface area contributed by atoms with Gasteiger partial charge in [-0.2, -0.15) is 4.90 Å². The third kappa shape index (κ3) is 2.68. The molecule has 0 bridgehead atoms. The number of aryl methyl sites for hydroxylation is 1. The highest BCUT2D eigenvalue weighted by Gasteiger charge is 2.55. The molecule has 26 heavy (non-hydrogen) atoms. The van der Waals surface area contributed by atoms with E-state index in [1.807, 2.05) is 36.1 Å². The van der Waals surface area contributed by atoms with E-state index in [9.17, 15) is 15.2 Å². The second-order valence-corrected chi connectivity index (χ2v) is 7.71. The fraction of sp³-hybridized carbons (Fsp3) is 0.316. The predicted molar refractivity (Wildman–Crippen MR) is 103 cm³/mol. The van der Waals surface area contributed by atoms with Crippen LogP contribution in [0, 0.1) is 17.0 Å². The van der Waals surface area contributed by atoms with Crippen LogP contribution in [0.1, 0.15) is 17.5 Å². The summed E-state index contributed by atoms with van der Waals surface area (Å²) in [6, 6.07) is 14.3. The number of hydrogen-bond acceptors (Lipinski definition) is 5.